The fraction of sp³-hybridized carbons (Fsp3) is 0. The molecule has 0 amide bonds. The summed E-state index contributed by atoms with van der Waals surface area (Å²) in [6.45, 7) is 0. The monoisotopic (exact) mass is 356 g/mol. The van der Waals surface area contributed by atoms with Crippen molar-refractivity contribution in [1.29, 1.82) is 0 Å². The first-order chi connectivity index (χ1) is 13.9. The predicted octanol–water partition coefficient (Wildman–Crippen LogP) is 6.76. The molecule has 0 aliphatic heterocycles. The van der Waals surface area contributed by atoms with Crippen LogP contribution in [0.25, 0.3) is 54.6 Å². The highest BCUT2D eigenvalue weighted by atomic mass is 14.8. The second-order valence-corrected chi connectivity index (χ2v) is 7.10. The number of pyridine rings is 2. The van der Waals surface area contributed by atoms with Gasteiger partial charge in [0.2, 0.25) is 0 Å². The van der Waals surface area contributed by atoms with E-state index in [0.29, 0.717) is 0 Å². The van der Waals surface area contributed by atoms with Gasteiger partial charge in [-0.25, -0.2) is 4.98 Å². The molecule has 28 heavy (non-hydrogen) atoms. The zero-order chi connectivity index (χ0) is 18.5. The first kappa shape index (κ1) is 15.3. The average Bonchev–Trinajstić information content (AvgIpc) is 2.77. The molecule has 0 radical (unpaired) electrons. The first-order valence-corrected chi connectivity index (χ1v) is 9.44. The van der Waals surface area contributed by atoms with E-state index in [1.54, 1.807) is 0 Å². The van der Waals surface area contributed by atoms with E-state index < -0.39 is 0 Å². The van der Waals surface area contributed by atoms with Crippen LogP contribution >= 0.6 is 0 Å². The van der Waals surface area contributed by atoms with Gasteiger partial charge in [-0.15, -0.1) is 0 Å². The molecule has 2 heteroatoms. The Morgan fingerprint density at radius 3 is 1.86 bits per heavy atom. The Kier molecular flexibility index (Phi) is 3.20. The van der Waals surface area contributed by atoms with Crippen molar-refractivity contribution in [3.05, 3.63) is 97.2 Å². The van der Waals surface area contributed by atoms with Crippen LogP contribution in [0.5, 0.6) is 0 Å². The van der Waals surface area contributed by atoms with Gasteiger partial charge >= 0.3 is 0 Å². The van der Waals surface area contributed by atoms with Crippen LogP contribution in [0.4, 0.5) is 0 Å². The molecule has 0 fully saturated rings. The van der Waals surface area contributed by atoms with Crippen LogP contribution < -0.4 is 0 Å². The zero-order valence-corrected chi connectivity index (χ0v) is 15.1. The fourth-order valence-electron chi connectivity index (χ4n) is 4.15. The lowest BCUT2D eigenvalue weighted by molar-refractivity contribution is 1.38. The van der Waals surface area contributed by atoms with E-state index in [4.69, 9.17) is 4.98 Å². The molecule has 2 aromatic heterocycles. The summed E-state index contributed by atoms with van der Waals surface area (Å²) < 4.78 is 0. The van der Waals surface area contributed by atoms with Crippen LogP contribution in [0.1, 0.15) is 0 Å². The number of aromatic nitrogens is 2. The predicted molar refractivity (Wildman–Crippen MR) is 117 cm³/mol. The number of benzene rings is 4. The van der Waals surface area contributed by atoms with Crippen molar-refractivity contribution in [2.45, 2.75) is 0 Å². The molecule has 0 aliphatic carbocycles. The molecule has 4 aromatic carbocycles. The Morgan fingerprint density at radius 2 is 1.11 bits per heavy atom. The summed E-state index contributed by atoms with van der Waals surface area (Å²) >= 11 is 0. The molecule has 0 saturated heterocycles. The highest BCUT2D eigenvalue weighted by molar-refractivity contribution is 6.13. The molecule has 2 heterocycles. The van der Waals surface area contributed by atoms with Crippen molar-refractivity contribution in [2.24, 2.45) is 0 Å². The molecule has 0 bridgehead atoms. The van der Waals surface area contributed by atoms with E-state index in [0.717, 1.165) is 27.5 Å². The lowest BCUT2D eigenvalue weighted by atomic mass is 9.94. The summed E-state index contributed by atoms with van der Waals surface area (Å²) in [5.74, 6) is 0. The van der Waals surface area contributed by atoms with Gasteiger partial charge in [-0.1, -0.05) is 72.8 Å². The van der Waals surface area contributed by atoms with E-state index in [2.05, 4.69) is 89.9 Å². The van der Waals surface area contributed by atoms with Gasteiger partial charge in [0, 0.05) is 22.5 Å². The lowest BCUT2D eigenvalue weighted by Gasteiger charge is -2.12. The minimum absolute atomic E-state index is 0.950. The van der Waals surface area contributed by atoms with Gasteiger partial charge < -0.3 is 0 Å². The van der Waals surface area contributed by atoms with Crippen LogP contribution in [0.2, 0.25) is 0 Å². The second kappa shape index (κ2) is 5.86. The smallest absolute Gasteiger partial charge is 0.0972 e. The highest BCUT2D eigenvalue weighted by Gasteiger charge is 2.12. The van der Waals surface area contributed by atoms with Gasteiger partial charge in [0.1, 0.15) is 0 Å². The molecule has 0 spiro atoms. The average molecular weight is 356 g/mol. The molecule has 2 nitrogen and oxygen atoms in total. The van der Waals surface area contributed by atoms with Crippen LogP contribution in [-0.4, -0.2) is 9.97 Å². The maximum Gasteiger partial charge on any atom is 0.0972 e. The molecule has 0 N–H and O–H groups in total. The maximum atomic E-state index is 5.11. The van der Waals surface area contributed by atoms with E-state index in [1.807, 2.05) is 12.3 Å². The Balaban J connectivity index is 1.77. The van der Waals surface area contributed by atoms with Gasteiger partial charge in [-0.05, 0) is 39.7 Å². The maximum absolute atomic E-state index is 5.11. The summed E-state index contributed by atoms with van der Waals surface area (Å²) in [6.07, 6.45) is 1.84. The van der Waals surface area contributed by atoms with Gasteiger partial charge in [0.15, 0.2) is 0 Å². The number of hydrogen-bond donors (Lipinski definition) is 0. The fourth-order valence-corrected chi connectivity index (χ4v) is 4.15. The van der Waals surface area contributed by atoms with Gasteiger partial charge in [0.25, 0.3) is 0 Å². The lowest BCUT2D eigenvalue weighted by Crippen LogP contribution is -1.91. The summed E-state index contributed by atoms with van der Waals surface area (Å²) in [5, 5.41) is 7.13. The number of hydrogen-bond acceptors (Lipinski definition) is 2. The zero-order valence-electron chi connectivity index (χ0n) is 15.1. The molecular formula is C26H16N2. The summed E-state index contributed by atoms with van der Waals surface area (Å²) in [7, 11) is 0. The Hall–Kier alpha value is -3.78. The third-order valence-corrected chi connectivity index (χ3v) is 5.46. The number of fused-ring (bicyclic) bond motifs is 5. The minimum atomic E-state index is 0.950. The third kappa shape index (κ3) is 2.21. The molecule has 0 atom stereocenters. The number of nitrogens with zero attached hydrogens (tertiary/aromatic N) is 2. The normalized spacial score (nSPS) is 11.6. The van der Waals surface area contributed by atoms with Crippen molar-refractivity contribution >= 4 is 43.4 Å². The van der Waals surface area contributed by atoms with Crippen molar-refractivity contribution < 1.29 is 0 Å². The van der Waals surface area contributed by atoms with Crippen molar-refractivity contribution in [3.63, 3.8) is 0 Å². The second-order valence-electron chi connectivity index (χ2n) is 7.10. The summed E-state index contributed by atoms with van der Waals surface area (Å²) in [5.41, 5.74) is 4.07. The topological polar surface area (TPSA) is 25.8 Å². The van der Waals surface area contributed by atoms with Gasteiger partial charge in [0.05, 0.1) is 16.7 Å². The SMILES string of the molecule is c1ccc2c(-c3ccc4ccc5cccnc5c4n3)c3ccccc3cc2c1. The van der Waals surface area contributed by atoms with Gasteiger partial charge in [-0.3, -0.25) is 4.98 Å². The van der Waals surface area contributed by atoms with Crippen LogP contribution in [0.3, 0.4) is 0 Å². The summed E-state index contributed by atoms with van der Waals surface area (Å²) in [6, 6.07) is 31.9. The largest absolute Gasteiger partial charge is 0.254 e. The van der Waals surface area contributed by atoms with Crippen molar-refractivity contribution in [1.82, 2.24) is 9.97 Å². The van der Waals surface area contributed by atoms with E-state index in [-0.39, 0.29) is 0 Å². The molecular weight excluding hydrogens is 340 g/mol. The van der Waals surface area contributed by atoms with Crippen LogP contribution in [0.15, 0.2) is 97.2 Å². The highest BCUT2D eigenvalue weighted by Crippen LogP contribution is 2.36. The standard InChI is InChI=1S/C26H16N2/c1-3-9-21-19(6-1)16-20-7-2-4-10-22(20)24(21)23-14-13-18-12-11-17-8-5-15-27-25(17)26(18)28-23/h1-16H. The molecule has 0 unspecified atom stereocenters. The Morgan fingerprint density at radius 1 is 0.500 bits per heavy atom. The quantitative estimate of drug-likeness (QED) is 0.240. The van der Waals surface area contributed by atoms with Gasteiger partial charge in [-0.2, -0.15) is 0 Å². The van der Waals surface area contributed by atoms with E-state index in [9.17, 15) is 0 Å². The third-order valence-electron chi connectivity index (χ3n) is 5.46. The molecule has 6 aromatic rings. The first-order valence-electron chi connectivity index (χ1n) is 9.44. The Labute approximate surface area is 162 Å². The van der Waals surface area contributed by atoms with Crippen LogP contribution in [0, 0.1) is 0 Å². The van der Waals surface area contributed by atoms with Crippen molar-refractivity contribution in [3.8, 4) is 11.3 Å². The Bertz CT molecular complexity index is 1460. The molecule has 0 saturated carbocycles. The van der Waals surface area contributed by atoms with E-state index >= 15 is 0 Å². The van der Waals surface area contributed by atoms with Crippen LogP contribution in [-0.2, 0) is 0 Å². The summed E-state index contributed by atoms with van der Waals surface area (Å²) in [4.78, 5) is 9.72. The molecule has 0 aliphatic rings. The molecule has 130 valence electrons. The van der Waals surface area contributed by atoms with E-state index in [1.165, 1.54) is 27.1 Å². The van der Waals surface area contributed by atoms with Crippen molar-refractivity contribution in [2.75, 3.05) is 0 Å². The number of rotatable bonds is 1. The minimum Gasteiger partial charge on any atom is -0.254 e. The molecule has 6 rings (SSSR count).